The molecule has 8 heteroatoms. The number of hydrogen-bond donors (Lipinski definition) is 1. The van der Waals surface area contributed by atoms with Crippen molar-refractivity contribution in [1.82, 2.24) is 9.80 Å². The maximum atomic E-state index is 13.7. The summed E-state index contributed by atoms with van der Waals surface area (Å²) >= 11 is 6.21. The monoisotopic (exact) mass is 523 g/mol. The van der Waals surface area contributed by atoms with Gasteiger partial charge in [-0.2, -0.15) is 5.26 Å². The van der Waals surface area contributed by atoms with Crippen LogP contribution in [0, 0.1) is 22.2 Å². The van der Waals surface area contributed by atoms with E-state index in [1.165, 1.54) is 5.56 Å². The number of hydrogen-bond acceptors (Lipinski definition) is 5. The Morgan fingerprint density at radius 2 is 1.76 bits per heavy atom. The number of carboxylic acids is 1. The molecule has 0 bridgehead atoms. The molecule has 1 fully saturated rings. The summed E-state index contributed by atoms with van der Waals surface area (Å²) in [6, 6.07) is 12.9. The predicted molar refractivity (Wildman–Crippen MR) is 142 cm³/mol. The average Bonchev–Trinajstić information content (AvgIpc) is 3.03. The first-order valence-corrected chi connectivity index (χ1v) is 12.9. The van der Waals surface area contributed by atoms with Gasteiger partial charge in [-0.25, -0.2) is 0 Å². The molecule has 4 rings (SSSR count). The molecule has 1 amide bonds. The van der Waals surface area contributed by atoms with Gasteiger partial charge >= 0.3 is 5.97 Å². The molecule has 7 nitrogen and oxygen atoms in total. The molecule has 2 aromatic rings. The molecular formula is C29H34ClN3O4. The quantitative estimate of drug-likeness (QED) is 0.592. The second kappa shape index (κ2) is 10.00. The molecule has 37 heavy (non-hydrogen) atoms. The van der Waals surface area contributed by atoms with Gasteiger partial charge in [0.2, 0.25) is 0 Å². The van der Waals surface area contributed by atoms with E-state index in [2.05, 4.69) is 33.8 Å². The first kappa shape index (κ1) is 27.0. The molecule has 0 saturated heterocycles. The van der Waals surface area contributed by atoms with Crippen molar-refractivity contribution in [1.29, 1.82) is 5.26 Å². The number of carboxylic acid groups (broad SMARTS) is 1. The number of fused-ring (bicyclic) bond motifs is 1. The van der Waals surface area contributed by atoms with Gasteiger partial charge in [-0.05, 0) is 48.2 Å². The average molecular weight is 524 g/mol. The van der Waals surface area contributed by atoms with Gasteiger partial charge in [0.05, 0.1) is 17.1 Å². The fourth-order valence-electron chi connectivity index (χ4n) is 6.78. The third-order valence-electron chi connectivity index (χ3n) is 7.99. The molecule has 1 aliphatic carbocycles. The van der Waals surface area contributed by atoms with Crippen molar-refractivity contribution in [3.63, 3.8) is 0 Å². The van der Waals surface area contributed by atoms with Gasteiger partial charge in [0.1, 0.15) is 17.9 Å². The number of ether oxygens (including phenoxy) is 1. The van der Waals surface area contributed by atoms with E-state index < -0.39 is 5.97 Å². The van der Waals surface area contributed by atoms with Crippen molar-refractivity contribution in [3.05, 3.63) is 63.7 Å². The van der Waals surface area contributed by atoms with Crippen LogP contribution in [0.3, 0.4) is 0 Å². The number of carbonyl (C=O) groups is 2. The SMILES string of the molecule is CN(C(=O)c1ccc2c(c1)CCN(CC(=O)O)CC2)[C@H]1C(C)(C)[C@H](Oc2ccc(C#N)c(Cl)c2)C1(C)C. The van der Waals surface area contributed by atoms with Crippen LogP contribution in [0.2, 0.25) is 5.02 Å². The highest BCUT2D eigenvalue weighted by Gasteiger charge is 2.65. The van der Waals surface area contributed by atoms with Gasteiger partial charge in [-0.1, -0.05) is 45.4 Å². The van der Waals surface area contributed by atoms with Crippen LogP contribution >= 0.6 is 11.6 Å². The molecule has 1 aliphatic heterocycles. The first-order valence-electron chi connectivity index (χ1n) is 12.6. The summed E-state index contributed by atoms with van der Waals surface area (Å²) in [6.07, 6.45) is 1.32. The molecule has 0 radical (unpaired) electrons. The molecule has 0 atom stereocenters. The summed E-state index contributed by atoms with van der Waals surface area (Å²) in [5.41, 5.74) is 2.65. The minimum Gasteiger partial charge on any atom is -0.489 e. The molecular weight excluding hydrogens is 490 g/mol. The van der Waals surface area contributed by atoms with Crippen molar-refractivity contribution in [2.45, 2.75) is 52.7 Å². The van der Waals surface area contributed by atoms with Crippen LogP contribution < -0.4 is 4.74 Å². The highest BCUT2D eigenvalue weighted by Crippen LogP contribution is 2.57. The largest absolute Gasteiger partial charge is 0.489 e. The van der Waals surface area contributed by atoms with E-state index in [0.717, 1.165) is 18.4 Å². The second-order valence-corrected chi connectivity index (χ2v) is 11.8. The topological polar surface area (TPSA) is 93.9 Å². The summed E-state index contributed by atoms with van der Waals surface area (Å²) in [5.74, 6) is -0.260. The molecule has 1 N–H and O–H groups in total. The van der Waals surface area contributed by atoms with Gasteiger partial charge in [-0.15, -0.1) is 0 Å². The van der Waals surface area contributed by atoms with E-state index in [1.807, 2.05) is 35.0 Å². The van der Waals surface area contributed by atoms with Crippen LogP contribution in [0.1, 0.15) is 54.7 Å². The van der Waals surface area contributed by atoms with E-state index in [9.17, 15) is 9.59 Å². The Labute approximate surface area is 223 Å². The lowest BCUT2D eigenvalue weighted by Gasteiger charge is -2.65. The smallest absolute Gasteiger partial charge is 0.317 e. The van der Waals surface area contributed by atoms with E-state index in [0.29, 0.717) is 35.0 Å². The molecule has 2 aromatic carbocycles. The van der Waals surface area contributed by atoms with E-state index in [-0.39, 0.29) is 35.4 Å². The number of halogens is 1. The lowest BCUT2D eigenvalue weighted by molar-refractivity contribution is -0.195. The number of aliphatic carboxylic acids is 1. The van der Waals surface area contributed by atoms with Crippen LogP contribution in [0.15, 0.2) is 36.4 Å². The molecule has 1 heterocycles. The lowest BCUT2D eigenvalue weighted by Crippen LogP contribution is -2.74. The van der Waals surface area contributed by atoms with Gasteiger partial charge in [0.15, 0.2) is 0 Å². The highest BCUT2D eigenvalue weighted by molar-refractivity contribution is 6.31. The van der Waals surface area contributed by atoms with Crippen molar-refractivity contribution in [2.75, 3.05) is 26.7 Å². The van der Waals surface area contributed by atoms with Crippen molar-refractivity contribution in [3.8, 4) is 11.8 Å². The summed E-state index contributed by atoms with van der Waals surface area (Å²) in [6.45, 7) is 9.82. The third-order valence-corrected chi connectivity index (χ3v) is 8.30. The number of carbonyl (C=O) groups excluding carboxylic acids is 1. The fraction of sp³-hybridized carbons (Fsp3) is 0.483. The van der Waals surface area contributed by atoms with Crippen molar-refractivity contribution >= 4 is 23.5 Å². The number of benzene rings is 2. The van der Waals surface area contributed by atoms with E-state index >= 15 is 0 Å². The Morgan fingerprint density at radius 1 is 1.11 bits per heavy atom. The summed E-state index contributed by atoms with van der Waals surface area (Å²) in [4.78, 5) is 28.6. The Bertz CT molecular complexity index is 1250. The van der Waals surface area contributed by atoms with Crippen LogP contribution in [0.4, 0.5) is 0 Å². The lowest BCUT2D eigenvalue weighted by atomic mass is 9.49. The van der Waals surface area contributed by atoms with E-state index in [1.54, 1.807) is 18.2 Å². The zero-order chi connectivity index (χ0) is 27.1. The van der Waals surface area contributed by atoms with E-state index in [4.69, 9.17) is 26.7 Å². The van der Waals surface area contributed by atoms with Gasteiger partial charge in [-0.3, -0.25) is 14.5 Å². The molecule has 0 spiro atoms. The Kier molecular flexibility index (Phi) is 7.29. The number of rotatable bonds is 6. The Hall–Kier alpha value is -3.08. The van der Waals surface area contributed by atoms with Crippen LogP contribution in [-0.2, 0) is 17.6 Å². The number of nitriles is 1. The third kappa shape index (κ3) is 5.05. The molecule has 0 aromatic heterocycles. The second-order valence-electron chi connectivity index (χ2n) is 11.4. The Balaban J connectivity index is 1.50. The van der Waals surface area contributed by atoms with Crippen molar-refractivity contribution < 1.29 is 19.4 Å². The maximum absolute atomic E-state index is 13.7. The zero-order valence-corrected chi connectivity index (χ0v) is 22.8. The van der Waals surface area contributed by atoms with Crippen LogP contribution in [0.5, 0.6) is 5.75 Å². The standard InChI is InChI=1S/C29H34ClN3O4/c1-28(2)26(29(3,4)27(28)37-22-9-8-21(16-31)23(30)15-22)32(5)25(36)20-7-6-18-10-12-33(17-24(34)35)13-11-19(18)14-20/h6-9,14-15,26-27H,10-13,17H2,1-5H3,(H,34,35)/t26-,27-. The van der Waals surface area contributed by atoms with Crippen molar-refractivity contribution in [2.24, 2.45) is 10.8 Å². The van der Waals surface area contributed by atoms with Gasteiger partial charge < -0.3 is 14.7 Å². The summed E-state index contributed by atoms with van der Waals surface area (Å²) < 4.78 is 6.37. The first-order chi connectivity index (χ1) is 17.4. The maximum Gasteiger partial charge on any atom is 0.317 e. The number of amides is 1. The minimum absolute atomic E-state index is 0.0340. The Morgan fingerprint density at radius 3 is 2.35 bits per heavy atom. The van der Waals surface area contributed by atoms with Crippen LogP contribution in [0.25, 0.3) is 0 Å². The van der Waals surface area contributed by atoms with Crippen LogP contribution in [-0.4, -0.2) is 65.6 Å². The minimum atomic E-state index is -0.821. The normalized spacial score (nSPS) is 22.1. The molecule has 196 valence electrons. The zero-order valence-electron chi connectivity index (χ0n) is 22.0. The molecule has 1 saturated carbocycles. The van der Waals surface area contributed by atoms with Gasteiger partial charge in [0, 0.05) is 48.6 Å². The highest BCUT2D eigenvalue weighted by atomic mass is 35.5. The fourth-order valence-corrected chi connectivity index (χ4v) is 6.99. The summed E-state index contributed by atoms with van der Waals surface area (Å²) in [5, 5.41) is 18.6. The van der Waals surface area contributed by atoms with Gasteiger partial charge in [0.25, 0.3) is 5.91 Å². The predicted octanol–water partition coefficient (Wildman–Crippen LogP) is 4.65. The summed E-state index contributed by atoms with van der Waals surface area (Å²) in [7, 11) is 1.85. The molecule has 2 aliphatic rings. The molecule has 0 unspecified atom stereocenters. The number of nitrogens with zero attached hydrogens (tertiary/aromatic N) is 3.